The molecule has 1 amide bonds. The fourth-order valence-electron chi connectivity index (χ4n) is 3.10. The smallest absolute Gasteiger partial charge is 0.264 e. The second-order valence-corrected chi connectivity index (χ2v) is 8.25. The van der Waals surface area contributed by atoms with Crippen LogP contribution in [0.3, 0.4) is 0 Å². The molecule has 0 saturated carbocycles. The van der Waals surface area contributed by atoms with E-state index in [2.05, 4.69) is 29.8 Å². The Bertz CT molecular complexity index is 677. The summed E-state index contributed by atoms with van der Waals surface area (Å²) in [5.41, 5.74) is 1.23. The number of rotatable bonds is 6. The number of thiophene rings is 1. The van der Waals surface area contributed by atoms with E-state index >= 15 is 0 Å². The summed E-state index contributed by atoms with van der Waals surface area (Å²) in [7, 11) is 0. The lowest BCUT2D eigenvalue weighted by molar-refractivity contribution is 0.0201. The summed E-state index contributed by atoms with van der Waals surface area (Å²) in [6.07, 6.45) is 3.74. The highest BCUT2D eigenvalue weighted by molar-refractivity contribution is 7.13. The number of hydrogen-bond acceptors (Lipinski definition) is 4. The summed E-state index contributed by atoms with van der Waals surface area (Å²) in [5, 5.41) is 0. The van der Waals surface area contributed by atoms with Crippen LogP contribution in [0.5, 0.6) is 0 Å². The third kappa shape index (κ3) is 4.02. The number of pyridine rings is 1. The van der Waals surface area contributed by atoms with Gasteiger partial charge < -0.3 is 4.90 Å². The average molecular weight is 343 g/mol. The van der Waals surface area contributed by atoms with Gasteiger partial charge in [-0.3, -0.25) is 14.7 Å². The van der Waals surface area contributed by atoms with E-state index in [1.54, 1.807) is 11.3 Å². The van der Waals surface area contributed by atoms with Gasteiger partial charge in [0.2, 0.25) is 0 Å². The summed E-state index contributed by atoms with van der Waals surface area (Å²) in [6.45, 7) is 10.1. The molecule has 0 aromatic carbocycles. The molecule has 2 aromatic rings. The maximum atomic E-state index is 12.5. The molecule has 24 heavy (non-hydrogen) atoms. The van der Waals surface area contributed by atoms with Crippen molar-refractivity contribution in [2.75, 3.05) is 19.6 Å². The van der Waals surface area contributed by atoms with Crippen LogP contribution < -0.4 is 0 Å². The molecule has 2 aromatic heterocycles. The van der Waals surface area contributed by atoms with E-state index in [1.807, 2.05) is 42.4 Å². The number of carbonyl (C=O) groups is 1. The molecular weight excluding hydrogens is 318 g/mol. The maximum absolute atomic E-state index is 12.5. The normalized spacial score (nSPS) is 15.1. The van der Waals surface area contributed by atoms with Crippen molar-refractivity contribution in [3.8, 4) is 0 Å². The van der Waals surface area contributed by atoms with Gasteiger partial charge in [-0.2, -0.15) is 0 Å². The zero-order valence-electron chi connectivity index (χ0n) is 14.6. The minimum atomic E-state index is 0.176. The number of aryl methyl sites for hydroxylation is 1. The van der Waals surface area contributed by atoms with Crippen LogP contribution in [0.4, 0.5) is 0 Å². The first kappa shape index (κ1) is 17.1. The fraction of sp³-hybridized carbons (Fsp3) is 0.474. The molecule has 1 saturated heterocycles. The van der Waals surface area contributed by atoms with Gasteiger partial charge in [-0.15, -0.1) is 11.3 Å². The van der Waals surface area contributed by atoms with Crippen molar-refractivity contribution in [1.82, 2.24) is 14.8 Å². The van der Waals surface area contributed by atoms with Gasteiger partial charge in [0.1, 0.15) is 0 Å². The van der Waals surface area contributed by atoms with Crippen LogP contribution in [0.1, 0.15) is 34.0 Å². The molecular formula is C19H25N3OS. The molecule has 0 N–H and O–H groups in total. The van der Waals surface area contributed by atoms with Gasteiger partial charge in [0.05, 0.1) is 4.88 Å². The largest absolute Gasteiger partial charge is 0.335 e. The van der Waals surface area contributed by atoms with Crippen molar-refractivity contribution >= 4 is 17.2 Å². The Labute approximate surface area is 148 Å². The zero-order chi connectivity index (χ0) is 17.1. The second-order valence-electron chi connectivity index (χ2n) is 6.96. The number of hydrogen-bond donors (Lipinski definition) is 0. The molecule has 4 nitrogen and oxygen atoms in total. The van der Waals surface area contributed by atoms with Crippen molar-refractivity contribution < 1.29 is 4.79 Å². The monoisotopic (exact) mass is 343 g/mol. The molecule has 0 radical (unpaired) electrons. The molecule has 0 aliphatic carbocycles. The lowest BCUT2D eigenvalue weighted by Gasteiger charge is -2.46. The van der Waals surface area contributed by atoms with Gasteiger partial charge in [0.25, 0.3) is 5.91 Å². The predicted molar refractivity (Wildman–Crippen MR) is 98.2 cm³/mol. The molecule has 3 rings (SSSR count). The fourth-order valence-corrected chi connectivity index (χ4v) is 3.93. The highest BCUT2D eigenvalue weighted by atomic mass is 32.1. The molecule has 0 atom stereocenters. The van der Waals surface area contributed by atoms with E-state index in [0.717, 1.165) is 31.1 Å². The first-order chi connectivity index (χ1) is 11.5. The van der Waals surface area contributed by atoms with E-state index in [0.29, 0.717) is 12.0 Å². The van der Waals surface area contributed by atoms with Crippen LogP contribution in [-0.4, -0.2) is 46.4 Å². The first-order valence-corrected chi connectivity index (χ1v) is 9.33. The average Bonchev–Trinajstić information content (AvgIpc) is 2.92. The highest BCUT2D eigenvalue weighted by Gasteiger charge is 2.35. The molecule has 1 fully saturated rings. The first-order valence-electron chi connectivity index (χ1n) is 8.51. The van der Waals surface area contributed by atoms with E-state index < -0.39 is 0 Å². The van der Waals surface area contributed by atoms with Gasteiger partial charge in [0, 0.05) is 49.5 Å². The number of aromatic nitrogens is 1. The SMILES string of the molecule is Cc1ccc(C(=O)N2CC(N(Cc3cccnc3)CC(C)C)C2)s1. The quantitative estimate of drug-likeness (QED) is 0.806. The summed E-state index contributed by atoms with van der Waals surface area (Å²) >= 11 is 1.58. The van der Waals surface area contributed by atoms with Crippen LogP contribution in [0.25, 0.3) is 0 Å². The lowest BCUT2D eigenvalue weighted by Crippen LogP contribution is -2.61. The summed E-state index contributed by atoms with van der Waals surface area (Å²) in [5.74, 6) is 0.779. The van der Waals surface area contributed by atoms with Crippen LogP contribution >= 0.6 is 11.3 Å². The van der Waals surface area contributed by atoms with Crippen molar-refractivity contribution in [2.45, 2.75) is 33.4 Å². The molecule has 1 aliphatic rings. The van der Waals surface area contributed by atoms with Crippen LogP contribution in [0.15, 0.2) is 36.7 Å². The number of nitrogens with zero attached hydrogens (tertiary/aromatic N) is 3. The third-order valence-electron chi connectivity index (χ3n) is 4.33. The van der Waals surface area contributed by atoms with Gasteiger partial charge >= 0.3 is 0 Å². The topological polar surface area (TPSA) is 36.4 Å². The zero-order valence-corrected chi connectivity index (χ0v) is 15.4. The van der Waals surface area contributed by atoms with Gasteiger partial charge in [-0.05, 0) is 36.6 Å². The summed E-state index contributed by atoms with van der Waals surface area (Å²) < 4.78 is 0. The minimum absolute atomic E-state index is 0.176. The van der Waals surface area contributed by atoms with E-state index in [-0.39, 0.29) is 5.91 Å². The maximum Gasteiger partial charge on any atom is 0.264 e. The number of amides is 1. The Hall–Kier alpha value is -1.72. The predicted octanol–water partition coefficient (Wildman–Crippen LogP) is 3.43. The molecule has 128 valence electrons. The standard InChI is InChI=1S/C19H25N3OS/c1-14(2)10-21(11-16-5-4-8-20-9-16)17-12-22(13-17)19(23)18-7-6-15(3)24-18/h4-9,14,17H,10-13H2,1-3H3. The van der Waals surface area contributed by atoms with Crippen LogP contribution in [-0.2, 0) is 6.54 Å². The van der Waals surface area contributed by atoms with Gasteiger partial charge in [-0.25, -0.2) is 0 Å². The van der Waals surface area contributed by atoms with Gasteiger partial charge in [-0.1, -0.05) is 19.9 Å². The van der Waals surface area contributed by atoms with E-state index in [4.69, 9.17) is 0 Å². The number of carbonyl (C=O) groups excluding carboxylic acids is 1. The molecule has 5 heteroatoms. The third-order valence-corrected chi connectivity index (χ3v) is 5.31. The summed E-state index contributed by atoms with van der Waals surface area (Å²) in [4.78, 5) is 23.2. The molecule has 0 unspecified atom stereocenters. The Morgan fingerprint density at radius 1 is 1.38 bits per heavy atom. The lowest BCUT2D eigenvalue weighted by atomic mass is 10.0. The van der Waals surface area contributed by atoms with Crippen molar-refractivity contribution in [2.24, 2.45) is 5.92 Å². The van der Waals surface area contributed by atoms with Crippen LogP contribution in [0.2, 0.25) is 0 Å². The Morgan fingerprint density at radius 2 is 2.17 bits per heavy atom. The van der Waals surface area contributed by atoms with Crippen molar-refractivity contribution in [1.29, 1.82) is 0 Å². The molecule has 3 heterocycles. The Kier molecular flexibility index (Phi) is 5.31. The van der Waals surface area contributed by atoms with Crippen molar-refractivity contribution in [3.63, 3.8) is 0 Å². The van der Waals surface area contributed by atoms with E-state index in [1.165, 1.54) is 10.4 Å². The summed E-state index contributed by atoms with van der Waals surface area (Å²) in [6, 6.07) is 8.51. The van der Waals surface area contributed by atoms with Crippen molar-refractivity contribution in [3.05, 3.63) is 52.0 Å². The second kappa shape index (κ2) is 7.45. The number of likely N-dealkylation sites (tertiary alicyclic amines) is 1. The van der Waals surface area contributed by atoms with Gasteiger partial charge in [0.15, 0.2) is 0 Å². The highest BCUT2D eigenvalue weighted by Crippen LogP contribution is 2.24. The Morgan fingerprint density at radius 3 is 2.75 bits per heavy atom. The van der Waals surface area contributed by atoms with E-state index in [9.17, 15) is 4.79 Å². The minimum Gasteiger partial charge on any atom is -0.335 e. The molecule has 1 aliphatic heterocycles. The van der Waals surface area contributed by atoms with Crippen LogP contribution in [0, 0.1) is 12.8 Å². The Balaban J connectivity index is 1.60. The molecule has 0 spiro atoms. The molecule has 0 bridgehead atoms.